The van der Waals surface area contributed by atoms with Crippen LogP contribution in [-0.2, 0) is 85.7 Å². The summed E-state index contributed by atoms with van der Waals surface area (Å²) in [7, 11) is 0. The van der Waals surface area contributed by atoms with Crippen LogP contribution in [-0.4, -0.2) is 145 Å². The molecule has 0 aliphatic carbocycles. The minimum Gasteiger partial charge on any atom is -0.463 e. The van der Waals surface area contributed by atoms with E-state index in [0.717, 1.165) is 64.8 Å². The minimum atomic E-state index is -1.46. The second kappa shape index (κ2) is 20.1. The molecular formula is C37H43N7O18. The molecule has 3 aromatic heterocycles. The van der Waals surface area contributed by atoms with Crippen molar-refractivity contribution in [3.63, 3.8) is 0 Å². The lowest BCUT2D eigenvalue weighted by atomic mass is 9.97. The van der Waals surface area contributed by atoms with E-state index in [2.05, 4.69) is 25.6 Å². The molecule has 0 amide bonds. The Hall–Kier alpha value is -6.89. The highest BCUT2D eigenvalue weighted by Crippen LogP contribution is 2.37. The van der Waals surface area contributed by atoms with Gasteiger partial charge < -0.3 is 47.4 Å². The Labute approximate surface area is 351 Å². The number of carbonyl (C=O) groups is 8. The van der Waals surface area contributed by atoms with Crippen molar-refractivity contribution in [3.8, 4) is 22.8 Å². The predicted molar refractivity (Wildman–Crippen MR) is 197 cm³/mol. The van der Waals surface area contributed by atoms with E-state index >= 15 is 0 Å². The number of rotatable bonds is 14. The third-order valence-electron chi connectivity index (χ3n) is 8.75. The van der Waals surface area contributed by atoms with Crippen molar-refractivity contribution < 1.29 is 85.7 Å². The maximum atomic E-state index is 12.3. The highest BCUT2D eigenvalue weighted by Gasteiger charge is 2.55. The minimum absolute atomic E-state index is 0.145. The van der Waals surface area contributed by atoms with Crippen LogP contribution in [0, 0.1) is 0 Å². The number of pyridine rings is 1. The number of ether oxygens (including phenoxy) is 10. The average Bonchev–Trinajstić information content (AvgIpc) is 3.87. The summed E-state index contributed by atoms with van der Waals surface area (Å²) in [5.41, 5.74) is 0.737. The van der Waals surface area contributed by atoms with Crippen LogP contribution in [0.25, 0.3) is 22.8 Å². The molecule has 10 atom stereocenters. The lowest BCUT2D eigenvalue weighted by Gasteiger charge is -2.44. The monoisotopic (exact) mass is 873 g/mol. The van der Waals surface area contributed by atoms with E-state index in [9.17, 15) is 38.4 Å². The molecular weight excluding hydrogens is 830 g/mol. The van der Waals surface area contributed by atoms with Gasteiger partial charge in [0.1, 0.15) is 36.8 Å². The van der Waals surface area contributed by atoms with Gasteiger partial charge in [0.05, 0.1) is 23.8 Å². The summed E-state index contributed by atoms with van der Waals surface area (Å²) < 4.78 is 57.9. The summed E-state index contributed by atoms with van der Waals surface area (Å²) in [5, 5.41) is 16.7. The molecule has 5 rings (SSSR count). The molecule has 2 aliphatic heterocycles. The summed E-state index contributed by atoms with van der Waals surface area (Å²) in [6.45, 7) is 7.96. The maximum absolute atomic E-state index is 12.3. The Morgan fingerprint density at radius 3 is 1.11 bits per heavy atom. The normalized spacial score (nSPS) is 25.6. The molecule has 2 saturated heterocycles. The zero-order chi connectivity index (χ0) is 45.4. The van der Waals surface area contributed by atoms with Crippen LogP contribution < -0.4 is 0 Å². The zero-order valence-corrected chi connectivity index (χ0v) is 34.6. The van der Waals surface area contributed by atoms with Crippen LogP contribution in [0.15, 0.2) is 30.6 Å². The first kappa shape index (κ1) is 46.2. The van der Waals surface area contributed by atoms with E-state index in [1.807, 2.05) is 0 Å². The molecule has 0 aromatic carbocycles. The van der Waals surface area contributed by atoms with E-state index < -0.39 is 122 Å². The maximum Gasteiger partial charge on any atom is 0.303 e. The average molecular weight is 874 g/mol. The molecule has 0 N–H and O–H groups in total. The Kier molecular flexibility index (Phi) is 15.0. The Bertz CT molecular complexity index is 2030. The molecule has 25 nitrogen and oxygen atoms in total. The van der Waals surface area contributed by atoms with Crippen LogP contribution >= 0.6 is 0 Å². The van der Waals surface area contributed by atoms with Crippen molar-refractivity contribution in [1.82, 2.24) is 35.0 Å². The number of carbonyl (C=O) groups excluding carboxylic acids is 8. The van der Waals surface area contributed by atoms with Gasteiger partial charge in [-0.25, -0.2) is 14.3 Å². The quantitative estimate of drug-likeness (QED) is 0.153. The molecule has 0 radical (unpaired) electrons. The topological polar surface area (TPSA) is 303 Å². The van der Waals surface area contributed by atoms with E-state index in [-0.39, 0.29) is 22.8 Å². The second-order valence-corrected chi connectivity index (χ2v) is 13.8. The van der Waals surface area contributed by atoms with Gasteiger partial charge in [-0.2, -0.15) is 0 Å². The van der Waals surface area contributed by atoms with Gasteiger partial charge in [0.25, 0.3) is 0 Å². The highest BCUT2D eigenvalue weighted by atomic mass is 16.7. The first-order valence-electron chi connectivity index (χ1n) is 18.7. The van der Waals surface area contributed by atoms with Crippen molar-refractivity contribution in [1.29, 1.82) is 0 Å². The van der Waals surface area contributed by atoms with Crippen LogP contribution in [0.4, 0.5) is 0 Å². The van der Waals surface area contributed by atoms with E-state index in [1.165, 1.54) is 12.4 Å². The van der Waals surface area contributed by atoms with Gasteiger partial charge in [0.2, 0.25) is 0 Å². The van der Waals surface area contributed by atoms with Crippen LogP contribution in [0.5, 0.6) is 0 Å². The molecule has 5 heterocycles. The molecule has 0 saturated carbocycles. The number of esters is 8. The van der Waals surface area contributed by atoms with Crippen molar-refractivity contribution in [2.75, 3.05) is 13.2 Å². The largest absolute Gasteiger partial charge is 0.463 e. The third-order valence-corrected chi connectivity index (χ3v) is 8.75. The van der Waals surface area contributed by atoms with Crippen LogP contribution in [0.3, 0.4) is 0 Å². The van der Waals surface area contributed by atoms with Gasteiger partial charge in [-0.1, -0.05) is 16.5 Å². The molecule has 3 aromatic rings. The smallest absolute Gasteiger partial charge is 0.303 e. The molecule has 2 fully saturated rings. The molecule has 0 unspecified atom stereocenters. The van der Waals surface area contributed by atoms with Gasteiger partial charge in [-0.3, -0.25) is 38.4 Å². The van der Waals surface area contributed by atoms with E-state index in [4.69, 9.17) is 47.4 Å². The van der Waals surface area contributed by atoms with Crippen molar-refractivity contribution in [2.24, 2.45) is 0 Å². The number of nitrogens with zero attached hydrogens (tertiary/aromatic N) is 7. The lowest BCUT2D eigenvalue weighted by Crippen LogP contribution is -2.60. The predicted octanol–water partition coefficient (Wildman–Crippen LogP) is 0.110. The number of hydrogen-bond donors (Lipinski definition) is 0. The third kappa shape index (κ3) is 11.7. The van der Waals surface area contributed by atoms with Crippen molar-refractivity contribution in [2.45, 2.75) is 117 Å². The molecule has 25 heteroatoms. The fraction of sp³-hybridized carbons (Fsp3) is 0.541. The zero-order valence-electron chi connectivity index (χ0n) is 34.6. The Balaban J connectivity index is 1.49. The fourth-order valence-corrected chi connectivity index (χ4v) is 6.59. The van der Waals surface area contributed by atoms with Crippen LogP contribution in [0.2, 0.25) is 0 Å². The summed E-state index contributed by atoms with van der Waals surface area (Å²) in [4.78, 5) is 102. The first-order valence-corrected chi connectivity index (χ1v) is 18.7. The summed E-state index contributed by atoms with van der Waals surface area (Å²) in [6, 6.07) is 4.77. The molecule has 0 bridgehead atoms. The summed E-state index contributed by atoms with van der Waals surface area (Å²) in [5.74, 6) is -6.23. The Morgan fingerprint density at radius 2 is 0.790 bits per heavy atom. The van der Waals surface area contributed by atoms with Gasteiger partial charge >= 0.3 is 47.8 Å². The SMILES string of the molecule is CC(=O)OC[C@H]1O[C@@H](n2cc(-c3cccc(-c4cn([C@@H]5O[C@H](COC(C)=O)[C@@H](OC(C)=O)[C@H](OC(C)=O)[C@H]5OC(C)=O)nn4)n3)nn2)[C@H](OC(C)=O)[C@@H](OC(C)=O)[C@@H]1OC(C)=O. The fourth-order valence-electron chi connectivity index (χ4n) is 6.59. The van der Waals surface area contributed by atoms with Crippen molar-refractivity contribution in [3.05, 3.63) is 30.6 Å². The van der Waals surface area contributed by atoms with E-state index in [1.54, 1.807) is 18.2 Å². The molecule has 62 heavy (non-hydrogen) atoms. The number of hydrogen-bond acceptors (Lipinski definition) is 23. The van der Waals surface area contributed by atoms with Gasteiger partial charge in [-0.15, -0.1) is 10.2 Å². The first-order chi connectivity index (χ1) is 29.3. The van der Waals surface area contributed by atoms with Gasteiger partial charge in [-0.05, 0) is 12.1 Å². The van der Waals surface area contributed by atoms with Gasteiger partial charge in [0, 0.05) is 55.4 Å². The molecule has 0 spiro atoms. The van der Waals surface area contributed by atoms with E-state index in [0.29, 0.717) is 0 Å². The molecule has 2 aliphatic rings. The van der Waals surface area contributed by atoms with Gasteiger partial charge in [0.15, 0.2) is 49.1 Å². The lowest BCUT2D eigenvalue weighted by molar-refractivity contribution is -0.270. The van der Waals surface area contributed by atoms with Crippen molar-refractivity contribution >= 4 is 47.8 Å². The molecule has 334 valence electrons. The Morgan fingerprint density at radius 1 is 0.468 bits per heavy atom. The number of aromatic nitrogens is 7. The highest BCUT2D eigenvalue weighted by molar-refractivity contribution is 5.70. The second-order valence-electron chi connectivity index (χ2n) is 13.8. The standard InChI is InChI=1S/C37H43N7O18/c1-16(45)53-14-28-30(55-18(3)47)32(57-20(5)49)34(59-22(7)51)36(61-28)43-12-26(39-41-43)24-10-9-11-25(38-24)27-13-44(42-40-27)37-35(60-23(8)52)33(58-21(6)50)31(56-19(4)48)29(62-37)15-54-17(2)46/h9-13,28-37H,14-15H2,1-8H3/t28-,29-,30-,31-,32+,33+,34-,35-,36-,37-/m1/s1. The summed E-state index contributed by atoms with van der Waals surface area (Å²) in [6.07, 6.45) is -11.1. The summed E-state index contributed by atoms with van der Waals surface area (Å²) >= 11 is 0. The van der Waals surface area contributed by atoms with Crippen LogP contribution in [0.1, 0.15) is 67.8 Å².